The van der Waals surface area contributed by atoms with E-state index >= 15 is 0 Å². The molecule has 2 heterocycles. The highest BCUT2D eigenvalue weighted by Crippen LogP contribution is 2.35. The summed E-state index contributed by atoms with van der Waals surface area (Å²) in [4.78, 5) is 20.8. The lowest BCUT2D eigenvalue weighted by Gasteiger charge is -2.33. The van der Waals surface area contributed by atoms with Crippen molar-refractivity contribution in [2.75, 3.05) is 13.1 Å². The van der Waals surface area contributed by atoms with Crippen LogP contribution in [0.5, 0.6) is 0 Å². The van der Waals surface area contributed by atoms with Gasteiger partial charge in [0.15, 0.2) is 0 Å². The van der Waals surface area contributed by atoms with Crippen molar-refractivity contribution in [3.05, 3.63) is 136 Å². The topological polar surface area (TPSA) is 62.0 Å². The first kappa shape index (κ1) is 32.4. The molecule has 0 saturated carbocycles. The van der Waals surface area contributed by atoms with Gasteiger partial charge in [0.1, 0.15) is 5.82 Å². The monoisotopic (exact) mass is 608 g/mol. The number of likely N-dealkylation sites (tertiary alicyclic amines) is 1. The predicted octanol–water partition coefficient (Wildman–Crippen LogP) is 9.04. The number of rotatable bonds is 7. The second-order valence-corrected chi connectivity index (χ2v) is 11.5. The zero-order valence-electron chi connectivity index (χ0n) is 27.7. The third kappa shape index (κ3) is 6.53. The number of hydrogen-bond acceptors (Lipinski definition) is 3. The second kappa shape index (κ2) is 14.9. The quantitative estimate of drug-likeness (QED) is 0.148. The van der Waals surface area contributed by atoms with Crippen molar-refractivity contribution in [3.63, 3.8) is 0 Å². The molecule has 0 bridgehead atoms. The fraction of sp³-hybridized carbons (Fsp3) is 0.293. The van der Waals surface area contributed by atoms with Crippen molar-refractivity contribution < 1.29 is 4.79 Å². The molecular weight excluding hydrogens is 564 g/mol. The van der Waals surface area contributed by atoms with Crippen molar-refractivity contribution in [1.29, 1.82) is 5.41 Å². The molecule has 0 spiro atoms. The van der Waals surface area contributed by atoms with Gasteiger partial charge in [-0.15, -0.1) is 5.92 Å². The molecule has 5 aromatic rings. The molecule has 46 heavy (non-hydrogen) atoms. The Morgan fingerprint density at radius 2 is 1.59 bits per heavy atom. The first-order valence-corrected chi connectivity index (χ1v) is 16.5. The molecular formula is C41H44N4O. The number of nitrogens with zero attached hydrogens (tertiary/aromatic N) is 3. The van der Waals surface area contributed by atoms with Gasteiger partial charge in [-0.25, -0.2) is 4.98 Å². The fourth-order valence-electron chi connectivity index (χ4n) is 6.51. The third-order valence-electron chi connectivity index (χ3n) is 8.90. The van der Waals surface area contributed by atoms with Crippen LogP contribution >= 0.6 is 0 Å². The van der Waals surface area contributed by atoms with Crippen molar-refractivity contribution in [3.8, 4) is 11.8 Å². The number of imidazole rings is 1. The van der Waals surface area contributed by atoms with Crippen molar-refractivity contribution in [2.45, 2.75) is 65.8 Å². The van der Waals surface area contributed by atoms with Gasteiger partial charge in [0, 0.05) is 41.3 Å². The number of benzene rings is 4. The number of aromatic nitrogens is 2. The summed E-state index contributed by atoms with van der Waals surface area (Å²) >= 11 is 0. The van der Waals surface area contributed by atoms with Crippen LogP contribution in [-0.2, 0) is 6.42 Å². The van der Waals surface area contributed by atoms with E-state index in [2.05, 4.69) is 84.9 Å². The highest BCUT2D eigenvalue weighted by Gasteiger charge is 2.30. The van der Waals surface area contributed by atoms with Crippen LogP contribution in [0.4, 0.5) is 0 Å². The van der Waals surface area contributed by atoms with Crippen LogP contribution in [0, 0.1) is 17.3 Å². The minimum atomic E-state index is 0.0146. The summed E-state index contributed by atoms with van der Waals surface area (Å²) in [6.45, 7) is 11.5. The number of hydrogen-bond donors (Lipinski definition) is 1. The maximum atomic E-state index is 13.8. The van der Waals surface area contributed by atoms with E-state index in [1.165, 1.54) is 5.56 Å². The highest BCUT2D eigenvalue weighted by atomic mass is 16.2. The average Bonchev–Trinajstić information content (AvgIpc) is 3.52. The van der Waals surface area contributed by atoms with Crippen LogP contribution in [0.3, 0.4) is 0 Å². The number of carbonyl (C=O) groups excluding carboxylic acids is 1. The molecule has 4 aromatic carbocycles. The van der Waals surface area contributed by atoms with E-state index in [-0.39, 0.29) is 17.9 Å². The maximum absolute atomic E-state index is 13.8. The Balaban J connectivity index is 0.00000204. The van der Waals surface area contributed by atoms with E-state index < -0.39 is 0 Å². The van der Waals surface area contributed by atoms with Crippen molar-refractivity contribution in [1.82, 2.24) is 14.5 Å². The molecule has 234 valence electrons. The van der Waals surface area contributed by atoms with Gasteiger partial charge in [0.2, 0.25) is 0 Å². The molecule has 1 atom stereocenters. The molecule has 1 aromatic heterocycles. The number of piperidine rings is 1. The summed E-state index contributed by atoms with van der Waals surface area (Å²) in [6.07, 6.45) is 2.56. The minimum absolute atomic E-state index is 0.0146. The van der Waals surface area contributed by atoms with Gasteiger partial charge < -0.3 is 9.47 Å². The largest absolute Gasteiger partial charge is 0.339 e. The SMILES string of the molecule is CC.CC#Cc1cc(C(=O)N2CCC(c3nc4ccccc4n3C(C)c3ccccc3)CC2)ccc1C(=N)c1ccccc1CC. The fourth-order valence-corrected chi connectivity index (χ4v) is 6.51. The second-order valence-electron chi connectivity index (χ2n) is 11.5. The van der Waals surface area contributed by atoms with Crippen LogP contribution in [0.1, 0.15) is 103 Å². The standard InChI is InChI=1S/C39H38N4O.C2H6/c1-4-13-31-26-32(20-21-34(31)37(40)33-17-10-9-14-28(33)5-2)39(44)42-24-22-30(23-25-42)38-41-35-18-11-12-19-36(35)43(38)27(3)29-15-7-6-8-16-29;1-2/h6-12,14-21,26-27,30,40H,5,22-25H2,1-3H3;1-2H3. The van der Waals surface area contributed by atoms with Crippen LogP contribution in [0.15, 0.2) is 97.1 Å². The molecule has 5 nitrogen and oxygen atoms in total. The number of nitrogens with one attached hydrogen (secondary N) is 1. The van der Waals surface area contributed by atoms with Crippen LogP contribution < -0.4 is 0 Å². The first-order valence-electron chi connectivity index (χ1n) is 16.5. The Morgan fingerprint density at radius 3 is 2.30 bits per heavy atom. The maximum Gasteiger partial charge on any atom is 0.253 e. The first-order chi connectivity index (χ1) is 22.5. The van der Waals surface area contributed by atoms with Gasteiger partial charge in [-0.3, -0.25) is 10.2 Å². The van der Waals surface area contributed by atoms with Crippen LogP contribution in [0.2, 0.25) is 0 Å². The predicted molar refractivity (Wildman–Crippen MR) is 190 cm³/mol. The molecule has 1 N–H and O–H groups in total. The highest BCUT2D eigenvalue weighted by molar-refractivity contribution is 6.13. The lowest BCUT2D eigenvalue weighted by Crippen LogP contribution is -2.38. The zero-order chi connectivity index (χ0) is 32.6. The van der Waals surface area contributed by atoms with Crippen LogP contribution in [0.25, 0.3) is 11.0 Å². The summed E-state index contributed by atoms with van der Waals surface area (Å²) in [6, 6.07) is 32.7. The van der Waals surface area contributed by atoms with Gasteiger partial charge in [-0.1, -0.05) is 99.5 Å². The Kier molecular flexibility index (Phi) is 10.5. The molecule has 1 saturated heterocycles. The molecule has 1 aliphatic heterocycles. The number of carbonyl (C=O) groups is 1. The summed E-state index contributed by atoms with van der Waals surface area (Å²) < 4.78 is 2.40. The Labute approximate surface area is 273 Å². The van der Waals surface area contributed by atoms with E-state index in [4.69, 9.17) is 10.4 Å². The molecule has 0 aliphatic carbocycles. The minimum Gasteiger partial charge on any atom is -0.339 e. The van der Waals surface area contributed by atoms with E-state index in [1.54, 1.807) is 6.92 Å². The van der Waals surface area contributed by atoms with E-state index in [9.17, 15) is 4.79 Å². The summed E-state index contributed by atoms with van der Waals surface area (Å²) in [5.74, 6) is 7.53. The third-order valence-corrected chi connectivity index (χ3v) is 8.90. The number of para-hydroxylation sites is 2. The van der Waals surface area contributed by atoms with Gasteiger partial charge in [0.05, 0.1) is 22.8 Å². The molecule has 1 aliphatic rings. The number of amides is 1. The van der Waals surface area contributed by atoms with E-state index in [0.717, 1.165) is 52.8 Å². The molecule has 6 rings (SSSR count). The molecule has 5 heteroatoms. The van der Waals surface area contributed by atoms with Gasteiger partial charge in [-0.05, 0) is 68.5 Å². The zero-order valence-corrected chi connectivity index (χ0v) is 27.7. The summed E-state index contributed by atoms with van der Waals surface area (Å²) in [5, 5.41) is 8.98. The average molecular weight is 609 g/mol. The van der Waals surface area contributed by atoms with E-state index in [0.29, 0.717) is 29.9 Å². The van der Waals surface area contributed by atoms with Crippen molar-refractivity contribution >= 4 is 22.7 Å². The smallest absolute Gasteiger partial charge is 0.253 e. The lowest BCUT2D eigenvalue weighted by molar-refractivity contribution is 0.0710. The van der Waals surface area contributed by atoms with Gasteiger partial charge in [0.25, 0.3) is 5.91 Å². The molecule has 1 amide bonds. The number of aryl methyl sites for hydroxylation is 1. The Hall–Kier alpha value is -4.95. The summed E-state index contributed by atoms with van der Waals surface area (Å²) in [5.41, 5.74) is 7.97. The molecule has 1 fully saturated rings. The normalized spacial score (nSPS) is 13.7. The Morgan fingerprint density at radius 1 is 0.913 bits per heavy atom. The molecule has 0 radical (unpaired) electrons. The van der Waals surface area contributed by atoms with E-state index in [1.807, 2.05) is 61.2 Å². The number of fused-ring (bicyclic) bond motifs is 1. The Bertz CT molecular complexity index is 1880. The van der Waals surface area contributed by atoms with Gasteiger partial charge >= 0.3 is 0 Å². The summed E-state index contributed by atoms with van der Waals surface area (Å²) in [7, 11) is 0. The lowest BCUT2D eigenvalue weighted by atomic mass is 9.91. The van der Waals surface area contributed by atoms with Crippen molar-refractivity contribution in [2.24, 2.45) is 0 Å². The van der Waals surface area contributed by atoms with Crippen LogP contribution in [-0.4, -0.2) is 39.2 Å². The molecule has 1 unspecified atom stereocenters. The van der Waals surface area contributed by atoms with Gasteiger partial charge in [-0.2, -0.15) is 0 Å².